The molecular formula is C2H6N3Zn. The van der Waals surface area contributed by atoms with Crippen molar-refractivity contribution in [2.75, 3.05) is 7.05 Å². The monoisotopic (exact) mass is 136 g/mol. The van der Waals surface area contributed by atoms with Crippen molar-refractivity contribution in [3.05, 3.63) is 0 Å². The molecular weight excluding hydrogens is 131 g/mol. The van der Waals surface area contributed by atoms with E-state index >= 15 is 0 Å². The second kappa shape index (κ2) is 3.10. The predicted octanol–water partition coefficient (Wildman–Crippen LogP) is -0.808. The van der Waals surface area contributed by atoms with Gasteiger partial charge in [-0.1, -0.05) is 0 Å². The topological polar surface area (TPSA) is 47.9 Å². The molecule has 6 heavy (non-hydrogen) atoms. The average Bonchev–Trinajstić information content (AvgIpc) is 1.65. The van der Waals surface area contributed by atoms with Crippen LogP contribution in [0.1, 0.15) is 0 Å². The van der Waals surface area contributed by atoms with Crippen LogP contribution < -0.4 is 9.38 Å². The Balaban J connectivity index is 2.99. The molecule has 0 atom stereocenters. The summed E-state index contributed by atoms with van der Waals surface area (Å²) in [7, 11) is 1.71. The van der Waals surface area contributed by atoms with E-state index in [1.54, 1.807) is 7.05 Å². The first-order valence-electron chi connectivity index (χ1n) is 1.60. The van der Waals surface area contributed by atoms with Crippen molar-refractivity contribution in [2.24, 2.45) is 0 Å². The van der Waals surface area contributed by atoms with Gasteiger partial charge in [0.15, 0.2) is 0 Å². The van der Waals surface area contributed by atoms with Crippen LogP contribution in [0.15, 0.2) is 0 Å². The third-order valence-electron chi connectivity index (χ3n) is 0.427. The Bertz CT molecular complexity index is 46.8. The molecule has 0 aromatic carbocycles. The molecule has 0 aromatic rings. The molecule has 0 aliphatic carbocycles. The molecule has 0 heterocycles. The average molecular weight is 137 g/mol. The Kier molecular flexibility index (Phi) is 3.04. The predicted molar refractivity (Wildman–Crippen MR) is 19.9 cm³/mol. The normalized spacial score (nSPS) is 7.17. The van der Waals surface area contributed by atoms with Crippen LogP contribution in [0.25, 0.3) is 0 Å². The molecule has 0 saturated carbocycles. The molecule has 0 aliphatic heterocycles. The quantitative estimate of drug-likeness (QED) is 0.232. The molecule has 0 saturated heterocycles. The van der Waals surface area contributed by atoms with Crippen molar-refractivity contribution in [2.45, 2.75) is 0 Å². The SMILES string of the molecule is CNC(=N)[NH][Zn]. The van der Waals surface area contributed by atoms with E-state index in [9.17, 15) is 0 Å². The molecule has 0 spiro atoms. The second-order valence-corrected chi connectivity index (χ2v) is 1.54. The maximum absolute atomic E-state index is 6.80. The molecule has 0 unspecified atom stereocenters. The van der Waals surface area contributed by atoms with Crippen LogP contribution >= 0.6 is 0 Å². The Morgan fingerprint density at radius 2 is 2.33 bits per heavy atom. The number of hydrogen-bond acceptors (Lipinski definition) is 1. The van der Waals surface area contributed by atoms with Gasteiger partial charge in [0.2, 0.25) is 0 Å². The third-order valence-corrected chi connectivity index (χ3v) is 1.17. The van der Waals surface area contributed by atoms with Gasteiger partial charge in [-0.3, -0.25) is 0 Å². The first kappa shape index (κ1) is 5.89. The van der Waals surface area contributed by atoms with Crippen LogP contribution in [0.5, 0.6) is 0 Å². The molecule has 0 rings (SSSR count). The number of hydrogen-bond donors (Lipinski definition) is 3. The van der Waals surface area contributed by atoms with Gasteiger partial charge in [-0.2, -0.15) is 0 Å². The molecule has 0 aromatic heterocycles. The van der Waals surface area contributed by atoms with E-state index in [1.807, 2.05) is 0 Å². The van der Waals surface area contributed by atoms with Crippen molar-refractivity contribution in [3.63, 3.8) is 0 Å². The van der Waals surface area contributed by atoms with Crippen molar-refractivity contribution in [3.8, 4) is 0 Å². The second-order valence-electron chi connectivity index (χ2n) is 0.802. The van der Waals surface area contributed by atoms with Crippen LogP contribution in [0.3, 0.4) is 0 Å². The summed E-state index contributed by atoms with van der Waals surface area (Å²) in [4.78, 5) is 0. The fourth-order valence-corrected chi connectivity index (χ4v) is 0.459. The fourth-order valence-electron chi connectivity index (χ4n) is 0.0884. The molecule has 31 valence electrons. The first-order chi connectivity index (χ1) is 2.81. The summed E-state index contributed by atoms with van der Waals surface area (Å²) in [6, 6.07) is 0. The summed E-state index contributed by atoms with van der Waals surface area (Å²) in [5.74, 6) is 0.398. The van der Waals surface area contributed by atoms with E-state index in [1.165, 1.54) is 0 Å². The maximum atomic E-state index is 6.80. The summed E-state index contributed by atoms with van der Waals surface area (Å²) in [6.45, 7) is 0. The van der Waals surface area contributed by atoms with Crippen LogP contribution in [0.2, 0.25) is 0 Å². The van der Waals surface area contributed by atoms with Crippen LogP contribution in [0, 0.1) is 5.41 Å². The van der Waals surface area contributed by atoms with Crippen LogP contribution in [-0.2, 0) is 18.5 Å². The Morgan fingerprint density at radius 1 is 1.83 bits per heavy atom. The molecule has 4 heteroatoms. The zero-order chi connectivity index (χ0) is 4.99. The Hall–Kier alpha value is -0.107. The van der Waals surface area contributed by atoms with Crippen LogP contribution in [0.4, 0.5) is 0 Å². The summed E-state index contributed by atoms with van der Waals surface area (Å²) in [5, 5.41) is 9.41. The van der Waals surface area contributed by atoms with E-state index in [0.29, 0.717) is 5.96 Å². The van der Waals surface area contributed by atoms with Gasteiger partial charge >= 0.3 is 46.3 Å². The van der Waals surface area contributed by atoms with Gasteiger partial charge in [0.25, 0.3) is 0 Å². The van der Waals surface area contributed by atoms with E-state index in [0.717, 1.165) is 18.5 Å². The molecule has 0 fully saturated rings. The number of rotatable bonds is 0. The minimum absolute atomic E-state index is 0.398. The summed E-state index contributed by atoms with van der Waals surface area (Å²) < 4.78 is 2.71. The van der Waals surface area contributed by atoms with Crippen LogP contribution in [-0.4, -0.2) is 13.0 Å². The van der Waals surface area contributed by atoms with Crippen molar-refractivity contribution in [1.29, 1.82) is 5.41 Å². The zero-order valence-corrected chi connectivity index (χ0v) is 6.67. The van der Waals surface area contributed by atoms with Crippen molar-refractivity contribution < 1.29 is 18.5 Å². The van der Waals surface area contributed by atoms with Gasteiger partial charge in [-0.25, -0.2) is 0 Å². The minimum atomic E-state index is 0.398. The Labute approximate surface area is 47.0 Å². The standard InChI is InChI=1S/C2H6N3.Zn/c1-5-2(3)4;/h1H3,(H3-,3,4,5);/q-1;+1. The van der Waals surface area contributed by atoms with Crippen molar-refractivity contribution >= 4 is 5.96 Å². The molecule has 0 amide bonds. The molecule has 0 bridgehead atoms. The number of guanidine groups is 1. The molecule has 0 radical (unpaired) electrons. The fraction of sp³-hybridized carbons (Fsp3) is 0.500. The third kappa shape index (κ3) is 2.15. The first-order valence-corrected chi connectivity index (χ1v) is 3.09. The van der Waals surface area contributed by atoms with E-state index < -0.39 is 0 Å². The van der Waals surface area contributed by atoms with Gasteiger partial charge in [0.05, 0.1) is 0 Å². The van der Waals surface area contributed by atoms with Gasteiger partial charge in [0.1, 0.15) is 0 Å². The Morgan fingerprint density at radius 3 is 2.33 bits per heavy atom. The van der Waals surface area contributed by atoms with Gasteiger partial charge < -0.3 is 0 Å². The van der Waals surface area contributed by atoms with Gasteiger partial charge in [0, 0.05) is 0 Å². The van der Waals surface area contributed by atoms with Crippen molar-refractivity contribution in [1.82, 2.24) is 9.38 Å². The van der Waals surface area contributed by atoms with E-state index in [-0.39, 0.29) is 0 Å². The summed E-state index contributed by atoms with van der Waals surface area (Å²) >= 11 is 0.930. The zero-order valence-electron chi connectivity index (χ0n) is 3.71. The number of nitrogens with one attached hydrogen (secondary N) is 3. The summed E-state index contributed by atoms with van der Waals surface area (Å²) in [5.41, 5.74) is 0. The summed E-state index contributed by atoms with van der Waals surface area (Å²) in [6.07, 6.45) is 0. The van der Waals surface area contributed by atoms with Gasteiger partial charge in [-0.15, -0.1) is 0 Å². The molecule has 3 N–H and O–H groups in total. The molecule has 0 aliphatic rings. The molecule has 3 nitrogen and oxygen atoms in total. The van der Waals surface area contributed by atoms with E-state index in [4.69, 9.17) is 5.41 Å². The van der Waals surface area contributed by atoms with Gasteiger partial charge in [-0.05, 0) is 0 Å². The van der Waals surface area contributed by atoms with E-state index in [2.05, 4.69) is 9.38 Å².